The summed E-state index contributed by atoms with van der Waals surface area (Å²) in [6, 6.07) is 0. The van der Waals surface area contributed by atoms with Gasteiger partial charge in [0, 0.05) is 6.54 Å². The summed E-state index contributed by atoms with van der Waals surface area (Å²) in [5.41, 5.74) is 0. The number of Topliss-reactive ketones (excluding diaryl/α,β-unsaturated/α-hetero) is 1. The van der Waals surface area contributed by atoms with Gasteiger partial charge in [0.2, 0.25) is 0 Å². The quantitative estimate of drug-likeness (QED) is 0.663. The third kappa shape index (κ3) is 4.10. The highest BCUT2D eigenvalue weighted by molar-refractivity contribution is 5.82. The van der Waals surface area contributed by atoms with Crippen LogP contribution in [0.5, 0.6) is 0 Å². The summed E-state index contributed by atoms with van der Waals surface area (Å²) >= 11 is 0. The molecule has 1 N–H and O–H groups in total. The molecule has 1 aromatic rings. The van der Waals surface area contributed by atoms with Crippen LogP contribution in [0.1, 0.15) is 32.5 Å². The molecule has 5 heteroatoms. The fourth-order valence-corrected chi connectivity index (χ4v) is 1.47. The predicted molar refractivity (Wildman–Crippen MR) is 62.2 cm³/mol. The Morgan fingerprint density at radius 3 is 2.94 bits per heavy atom. The maximum absolute atomic E-state index is 11.6. The Morgan fingerprint density at radius 2 is 2.25 bits per heavy atom. The minimum absolute atomic E-state index is 0.166. The van der Waals surface area contributed by atoms with Gasteiger partial charge >= 0.3 is 0 Å². The summed E-state index contributed by atoms with van der Waals surface area (Å²) in [5.74, 6) is 0.934. The molecular formula is C11H20N4O. The fourth-order valence-electron chi connectivity index (χ4n) is 1.47. The van der Waals surface area contributed by atoms with Crippen molar-refractivity contribution in [2.45, 2.75) is 39.7 Å². The molecule has 0 amide bonds. The van der Waals surface area contributed by atoms with Crippen molar-refractivity contribution in [2.24, 2.45) is 0 Å². The number of hydrogen-bond donors (Lipinski definition) is 1. The highest BCUT2D eigenvalue weighted by atomic mass is 16.1. The van der Waals surface area contributed by atoms with Crippen LogP contribution in [0, 0.1) is 0 Å². The molecule has 16 heavy (non-hydrogen) atoms. The molecule has 1 aromatic heterocycles. The lowest BCUT2D eigenvalue weighted by Crippen LogP contribution is -2.25. The van der Waals surface area contributed by atoms with Gasteiger partial charge < -0.3 is 5.32 Å². The number of aryl methyl sites for hydroxylation is 1. The average Bonchev–Trinajstić information content (AvgIpc) is 2.67. The number of hydrogen-bond acceptors (Lipinski definition) is 4. The van der Waals surface area contributed by atoms with Crippen LogP contribution in [0.15, 0.2) is 6.33 Å². The first-order valence-corrected chi connectivity index (χ1v) is 5.87. The highest BCUT2D eigenvalue weighted by Gasteiger charge is 2.09. The van der Waals surface area contributed by atoms with Gasteiger partial charge in [-0.25, -0.2) is 9.67 Å². The third-order valence-electron chi connectivity index (χ3n) is 2.24. The van der Waals surface area contributed by atoms with Gasteiger partial charge in [-0.1, -0.05) is 13.8 Å². The lowest BCUT2D eigenvalue weighted by atomic mass is 10.2. The lowest BCUT2D eigenvalue weighted by Gasteiger charge is -2.04. The largest absolute Gasteiger partial charge is 0.310 e. The van der Waals surface area contributed by atoms with Gasteiger partial charge in [-0.2, -0.15) is 5.10 Å². The first kappa shape index (κ1) is 12.8. The van der Waals surface area contributed by atoms with Crippen molar-refractivity contribution in [3.8, 4) is 0 Å². The molecule has 0 atom stereocenters. The Kier molecular flexibility index (Phi) is 5.71. The smallest absolute Gasteiger partial charge is 0.154 e. The monoisotopic (exact) mass is 224 g/mol. The Hall–Kier alpha value is -1.23. The van der Waals surface area contributed by atoms with Crippen LogP contribution in [0.2, 0.25) is 0 Å². The molecule has 0 aliphatic rings. The number of nitrogens with one attached hydrogen (secondary N) is 1. The lowest BCUT2D eigenvalue weighted by molar-refractivity contribution is -0.117. The predicted octanol–water partition coefficient (Wildman–Crippen LogP) is 0.799. The molecule has 0 radical (unpaired) electrons. The van der Waals surface area contributed by atoms with Gasteiger partial charge in [0.25, 0.3) is 0 Å². The molecule has 5 nitrogen and oxygen atoms in total. The van der Waals surface area contributed by atoms with Crippen LogP contribution in [-0.4, -0.2) is 33.6 Å². The van der Waals surface area contributed by atoms with Crippen molar-refractivity contribution >= 4 is 5.78 Å². The van der Waals surface area contributed by atoms with Crippen molar-refractivity contribution < 1.29 is 4.79 Å². The van der Waals surface area contributed by atoms with E-state index in [1.807, 2.05) is 0 Å². The molecular weight excluding hydrogens is 204 g/mol. The van der Waals surface area contributed by atoms with Crippen molar-refractivity contribution in [2.75, 3.05) is 13.1 Å². The summed E-state index contributed by atoms with van der Waals surface area (Å²) in [6.07, 6.45) is 3.92. The number of carbonyl (C=O) groups excluding carboxylic acids is 1. The molecule has 0 saturated carbocycles. The molecule has 0 fully saturated rings. The van der Waals surface area contributed by atoms with Gasteiger partial charge in [-0.15, -0.1) is 0 Å². The first-order chi connectivity index (χ1) is 7.77. The summed E-state index contributed by atoms with van der Waals surface area (Å²) in [4.78, 5) is 15.7. The number of rotatable bonds is 8. The van der Waals surface area contributed by atoms with Gasteiger partial charge in [0.1, 0.15) is 12.2 Å². The molecule has 0 aliphatic heterocycles. The van der Waals surface area contributed by atoms with Crippen LogP contribution in [-0.2, 0) is 17.8 Å². The molecule has 90 valence electrons. The van der Waals surface area contributed by atoms with Crippen LogP contribution < -0.4 is 5.32 Å². The van der Waals surface area contributed by atoms with E-state index in [0.717, 1.165) is 31.8 Å². The van der Waals surface area contributed by atoms with Crippen molar-refractivity contribution in [3.05, 3.63) is 12.2 Å². The average molecular weight is 224 g/mol. The van der Waals surface area contributed by atoms with Crippen LogP contribution in [0.3, 0.4) is 0 Å². The summed E-state index contributed by atoms with van der Waals surface area (Å²) in [7, 11) is 0. The Balaban J connectivity index is 2.39. The van der Waals surface area contributed by atoms with E-state index in [1.165, 1.54) is 6.33 Å². The van der Waals surface area contributed by atoms with E-state index in [9.17, 15) is 4.79 Å². The Morgan fingerprint density at radius 1 is 1.44 bits per heavy atom. The Bertz CT molecular complexity index is 322. The van der Waals surface area contributed by atoms with Crippen molar-refractivity contribution in [1.82, 2.24) is 20.1 Å². The SMILES string of the molecule is CCCNCC(=O)Cc1ncnn1CCC. The van der Waals surface area contributed by atoms with E-state index in [2.05, 4.69) is 29.2 Å². The molecule has 1 rings (SSSR count). The summed E-state index contributed by atoms with van der Waals surface area (Å²) < 4.78 is 1.80. The standard InChI is InChI=1S/C11H20N4O/c1-3-5-12-8-10(16)7-11-13-9-14-15(11)6-4-2/h9,12H,3-8H2,1-2H3. The van der Waals surface area contributed by atoms with Gasteiger partial charge in [0.05, 0.1) is 13.0 Å². The fraction of sp³-hybridized carbons (Fsp3) is 0.727. The van der Waals surface area contributed by atoms with Gasteiger partial charge in [-0.3, -0.25) is 4.79 Å². The molecule has 0 saturated heterocycles. The second-order valence-corrected chi connectivity index (χ2v) is 3.79. The third-order valence-corrected chi connectivity index (χ3v) is 2.24. The van der Waals surface area contributed by atoms with E-state index < -0.39 is 0 Å². The van der Waals surface area contributed by atoms with E-state index >= 15 is 0 Å². The molecule has 0 aromatic carbocycles. The van der Waals surface area contributed by atoms with E-state index in [1.54, 1.807) is 4.68 Å². The zero-order chi connectivity index (χ0) is 11.8. The minimum atomic E-state index is 0.166. The topological polar surface area (TPSA) is 59.8 Å². The minimum Gasteiger partial charge on any atom is -0.310 e. The van der Waals surface area contributed by atoms with E-state index in [0.29, 0.717) is 13.0 Å². The Labute approximate surface area is 96.3 Å². The van der Waals surface area contributed by atoms with Crippen LogP contribution >= 0.6 is 0 Å². The molecule has 1 heterocycles. The van der Waals surface area contributed by atoms with Crippen LogP contribution in [0.4, 0.5) is 0 Å². The first-order valence-electron chi connectivity index (χ1n) is 5.87. The zero-order valence-electron chi connectivity index (χ0n) is 10.1. The van der Waals surface area contributed by atoms with Crippen molar-refractivity contribution in [3.63, 3.8) is 0 Å². The zero-order valence-corrected chi connectivity index (χ0v) is 10.1. The maximum Gasteiger partial charge on any atom is 0.154 e. The normalized spacial score (nSPS) is 10.6. The number of carbonyl (C=O) groups is 1. The second-order valence-electron chi connectivity index (χ2n) is 3.79. The van der Waals surface area contributed by atoms with Crippen LogP contribution in [0.25, 0.3) is 0 Å². The second kappa shape index (κ2) is 7.11. The summed E-state index contributed by atoms with van der Waals surface area (Å²) in [6.45, 7) is 6.29. The van der Waals surface area contributed by atoms with E-state index in [4.69, 9.17) is 0 Å². The molecule has 0 bridgehead atoms. The van der Waals surface area contributed by atoms with Gasteiger partial charge in [0.15, 0.2) is 5.78 Å². The molecule has 0 unspecified atom stereocenters. The summed E-state index contributed by atoms with van der Waals surface area (Å²) in [5, 5.41) is 7.18. The van der Waals surface area contributed by atoms with Gasteiger partial charge in [-0.05, 0) is 19.4 Å². The van der Waals surface area contributed by atoms with Crippen molar-refractivity contribution in [1.29, 1.82) is 0 Å². The number of nitrogens with zero attached hydrogens (tertiary/aromatic N) is 3. The highest BCUT2D eigenvalue weighted by Crippen LogP contribution is 1.97. The number of ketones is 1. The maximum atomic E-state index is 11.6. The van der Waals surface area contributed by atoms with E-state index in [-0.39, 0.29) is 5.78 Å². The molecule has 0 aliphatic carbocycles. The molecule has 0 spiro atoms. The number of aromatic nitrogens is 3.